The van der Waals surface area contributed by atoms with Crippen LogP contribution >= 0.6 is 0 Å². The summed E-state index contributed by atoms with van der Waals surface area (Å²) >= 11 is 0. The summed E-state index contributed by atoms with van der Waals surface area (Å²) in [6, 6.07) is 0. The summed E-state index contributed by atoms with van der Waals surface area (Å²) in [6.07, 6.45) is -2.83. The molecule has 4 nitrogen and oxygen atoms in total. The molecule has 2 heterocycles. The fraction of sp³-hybridized carbons (Fsp3) is 0.667. The topological polar surface area (TPSA) is 41.1 Å². The van der Waals surface area contributed by atoms with Crippen molar-refractivity contribution >= 4 is 11.8 Å². The van der Waals surface area contributed by atoms with Gasteiger partial charge in [0.25, 0.3) is 0 Å². The molecule has 0 spiro atoms. The first kappa shape index (κ1) is 14.8. The second kappa shape index (κ2) is 5.80. The van der Waals surface area contributed by atoms with E-state index < -0.39 is 17.9 Å². The Kier molecular flexibility index (Phi) is 4.29. The van der Waals surface area contributed by atoms with E-state index in [9.17, 15) is 17.6 Å². The maximum Gasteiger partial charge on any atom is 0.393 e. The third-order valence-corrected chi connectivity index (χ3v) is 3.24. The van der Waals surface area contributed by atoms with Crippen LogP contribution in [-0.2, 0) is 0 Å². The van der Waals surface area contributed by atoms with E-state index in [1.807, 2.05) is 6.92 Å². The number of rotatable bonds is 3. The highest BCUT2D eigenvalue weighted by molar-refractivity contribution is 5.44. The highest BCUT2D eigenvalue weighted by Crippen LogP contribution is 2.34. The van der Waals surface area contributed by atoms with Gasteiger partial charge in [-0.3, -0.25) is 0 Å². The first-order valence-corrected chi connectivity index (χ1v) is 6.50. The van der Waals surface area contributed by atoms with Crippen molar-refractivity contribution in [2.45, 2.75) is 25.9 Å². The number of anilines is 2. The zero-order valence-electron chi connectivity index (χ0n) is 11.0. The molecule has 1 aromatic rings. The lowest BCUT2D eigenvalue weighted by molar-refractivity contribution is -0.176. The fourth-order valence-corrected chi connectivity index (χ4v) is 2.26. The molecule has 1 atom stereocenters. The number of hydrogen-bond acceptors (Lipinski definition) is 4. The van der Waals surface area contributed by atoms with Crippen molar-refractivity contribution in [2.24, 2.45) is 5.92 Å². The molecule has 1 aliphatic heterocycles. The molecule has 1 fully saturated rings. The molecule has 0 aromatic carbocycles. The van der Waals surface area contributed by atoms with Crippen LogP contribution in [0.4, 0.5) is 29.3 Å². The summed E-state index contributed by atoms with van der Waals surface area (Å²) in [4.78, 5) is 9.06. The second-order valence-corrected chi connectivity index (χ2v) is 4.72. The Morgan fingerprint density at radius 3 is 2.85 bits per heavy atom. The van der Waals surface area contributed by atoms with Crippen LogP contribution in [0.2, 0.25) is 0 Å². The predicted molar refractivity (Wildman–Crippen MR) is 67.1 cm³/mol. The normalized spacial score (nSPS) is 20.1. The van der Waals surface area contributed by atoms with Gasteiger partial charge in [-0.2, -0.15) is 18.2 Å². The Balaban J connectivity index is 2.20. The van der Waals surface area contributed by atoms with E-state index in [2.05, 4.69) is 15.3 Å². The summed E-state index contributed by atoms with van der Waals surface area (Å²) in [5.41, 5.74) is 0. The van der Waals surface area contributed by atoms with Gasteiger partial charge in [0.1, 0.15) is 0 Å². The largest absolute Gasteiger partial charge is 0.393 e. The molecule has 0 radical (unpaired) electrons. The first-order valence-electron chi connectivity index (χ1n) is 6.50. The maximum absolute atomic E-state index is 13.7. The first-order chi connectivity index (χ1) is 9.41. The van der Waals surface area contributed by atoms with Crippen molar-refractivity contribution in [2.75, 3.05) is 29.9 Å². The molecule has 1 saturated heterocycles. The Morgan fingerprint density at radius 1 is 1.45 bits per heavy atom. The predicted octanol–water partition coefficient (Wildman–Crippen LogP) is 2.83. The smallest absolute Gasteiger partial charge is 0.354 e. The molecular weight excluding hydrogens is 276 g/mol. The van der Waals surface area contributed by atoms with E-state index in [4.69, 9.17) is 0 Å². The zero-order valence-corrected chi connectivity index (χ0v) is 11.0. The van der Waals surface area contributed by atoms with Crippen molar-refractivity contribution in [3.8, 4) is 0 Å². The van der Waals surface area contributed by atoms with Crippen LogP contribution in [0.3, 0.4) is 0 Å². The van der Waals surface area contributed by atoms with Crippen LogP contribution in [0.25, 0.3) is 0 Å². The average Bonchev–Trinajstić information content (AvgIpc) is 2.40. The van der Waals surface area contributed by atoms with E-state index in [-0.39, 0.29) is 24.7 Å². The minimum atomic E-state index is -4.26. The minimum Gasteiger partial charge on any atom is -0.354 e. The van der Waals surface area contributed by atoms with Gasteiger partial charge >= 0.3 is 6.18 Å². The lowest BCUT2D eigenvalue weighted by atomic mass is 9.97. The van der Waals surface area contributed by atoms with E-state index in [1.165, 1.54) is 4.90 Å². The standard InChI is InChI=1S/C12H16F4N4/c1-2-17-11-18-6-9(13)10(19-11)20-5-3-4-8(7-20)12(14,15)16/h6,8H,2-5,7H2,1H3,(H,17,18,19). The molecule has 8 heteroatoms. The van der Waals surface area contributed by atoms with Gasteiger partial charge in [0.15, 0.2) is 11.6 Å². The summed E-state index contributed by atoms with van der Waals surface area (Å²) in [7, 11) is 0. The van der Waals surface area contributed by atoms with Crippen LogP contribution in [0, 0.1) is 11.7 Å². The Labute approximate surface area is 114 Å². The SMILES string of the molecule is CCNc1ncc(F)c(N2CCCC(C(F)(F)F)C2)n1. The molecule has 1 N–H and O–H groups in total. The summed E-state index contributed by atoms with van der Waals surface area (Å²) in [6.45, 7) is 2.48. The fourth-order valence-electron chi connectivity index (χ4n) is 2.26. The number of halogens is 4. The lowest BCUT2D eigenvalue weighted by Crippen LogP contribution is -2.42. The molecular formula is C12H16F4N4. The van der Waals surface area contributed by atoms with Gasteiger partial charge in [0.05, 0.1) is 12.1 Å². The number of nitrogens with one attached hydrogen (secondary N) is 1. The third kappa shape index (κ3) is 3.29. The van der Waals surface area contributed by atoms with E-state index in [1.54, 1.807) is 0 Å². The Hall–Kier alpha value is -1.60. The van der Waals surface area contributed by atoms with Gasteiger partial charge in [-0.1, -0.05) is 0 Å². The Bertz CT molecular complexity index is 463. The number of nitrogens with zero attached hydrogens (tertiary/aromatic N) is 3. The van der Waals surface area contributed by atoms with Crippen LogP contribution in [-0.4, -0.2) is 35.8 Å². The highest BCUT2D eigenvalue weighted by Gasteiger charge is 2.42. The minimum absolute atomic E-state index is 0.0649. The van der Waals surface area contributed by atoms with Gasteiger partial charge in [0, 0.05) is 19.6 Å². The molecule has 0 amide bonds. The average molecular weight is 292 g/mol. The van der Waals surface area contributed by atoms with Crippen molar-refractivity contribution in [3.05, 3.63) is 12.0 Å². The molecule has 0 bridgehead atoms. The number of hydrogen-bond donors (Lipinski definition) is 1. The van der Waals surface area contributed by atoms with Crippen LogP contribution in [0.5, 0.6) is 0 Å². The van der Waals surface area contributed by atoms with Crippen molar-refractivity contribution in [3.63, 3.8) is 0 Å². The van der Waals surface area contributed by atoms with Gasteiger partial charge in [-0.05, 0) is 19.8 Å². The van der Waals surface area contributed by atoms with Gasteiger partial charge in [-0.25, -0.2) is 9.37 Å². The molecule has 2 rings (SSSR count). The number of alkyl halides is 3. The second-order valence-electron chi connectivity index (χ2n) is 4.72. The summed E-state index contributed by atoms with van der Waals surface area (Å²) in [5.74, 6) is -1.98. The number of aromatic nitrogens is 2. The van der Waals surface area contributed by atoms with Gasteiger partial charge in [0.2, 0.25) is 5.95 Å². The summed E-state index contributed by atoms with van der Waals surface area (Å²) in [5, 5.41) is 2.82. The monoisotopic (exact) mass is 292 g/mol. The molecule has 0 saturated carbocycles. The maximum atomic E-state index is 13.7. The lowest BCUT2D eigenvalue weighted by Gasteiger charge is -2.34. The molecule has 1 unspecified atom stereocenters. The van der Waals surface area contributed by atoms with E-state index >= 15 is 0 Å². The van der Waals surface area contributed by atoms with Crippen molar-refractivity contribution in [1.82, 2.24) is 9.97 Å². The third-order valence-electron chi connectivity index (χ3n) is 3.24. The van der Waals surface area contributed by atoms with Crippen LogP contribution < -0.4 is 10.2 Å². The quantitative estimate of drug-likeness (QED) is 0.870. The van der Waals surface area contributed by atoms with Crippen LogP contribution in [0.15, 0.2) is 6.20 Å². The zero-order chi connectivity index (χ0) is 14.8. The van der Waals surface area contributed by atoms with Crippen molar-refractivity contribution in [1.29, 1.82) is 0 Å². The van der Waals surface area contributed by atoms with Crippen LogP contribution in [0.1, 0.15) is 19.8 Å². The molecule has 1 aromatic heterocycles. The molecule has 20 heavy (non-hydrogen) atoms. The molecule has 1 aliphatic rings. The van der Waals surface area contributed by atoms with E-state index in [0.717, 1.165) is 6.20 Å². The van der Waals surface area contributed by atoms with Gasteiger partial charge in [-0.15, -0.1) is 0 Å². The Morgan fingerprint density at radius 2 is 2.20 bits per heavy atom. The number of piperidine rings is 1. The highest BCUT2D eigenvalue weighted by atomic mass is 19.4. The van der Waals surface area contributed by atoms with E-state index in [0.29, 0.717) is 19.5 Å². The van der Waals surface area contributed by atoms with Crippen molar-refractivity contribution < 1.29 is 17.6 Å². The van der Waals surface area contributed by atoms with Gasteiger partial charge < -0.3 is 10.2 Å². The summed E-state index contributed by atoms with van der Waals surface area (Å²) < 4.78 is 52.0. The molecule has 0 aliphatic carbocycles. The molecule has 112 valence electrons.